The first-order chi connectivity index (χ1) is 17.9. The van der Waals surface area contributed by atoms with Crippen LogP contribution in [-0.4, -0.2) is 50.5 Å². The molecular formula is C28H39Cl2N3O4S. The Morgan fingerprint density at radius 2 is 1.74 bits per heavy atom. The van der Waals surface area contributed by atoms with Crippen LogP contribution in [0.3, 0.4) is 0 Å². The van der Waals surface area contributed by atoms with Crippen LogP contribution in [0.1, 0.15) is 62.6 Å². The number of unbranched alkanes of at least 4 members (excludes halogenated alkanes) is 1. The molecule has 0 aliphatic heterocycles. The molecule has 2 aromatic carbocycles. The zero-order chi connectivity index (χ0) is 28.5. The van der Waals surface area contributed by atoms with Gasteiger partial charge in [0.2, 0.25) is 21.8 Å². The number of rotatable bonds is 14. The number of halogens is 2. The monoisotopic (exact) mass is 583 g/mol. The lowest BCUT2D eigenvalue weighted by atomic mass is 10.1. The van der Waals surface area contributed by atoms with Crippen LogP contribution in [0, 0.1) is 13.8 Å². The number of hydrogen-bond acceptors (Lipinski definition) is 4. The molecule has 0 heterocycles. The molecule has 0 saturated carbocycles. The van der Waals surface area contributed by atoms with Gasteiger partial charge >= 0.3 is 0 Å². The standard InChI is InChI=1S/C28H39Cl2N3O4S/c1-6-8-16-31-28(35)25(7-2)32(19-22-14-15-23(29)24(30)18-22)27(34)13-10-17-33(38(5,36)37)26-12-9-11-20(3)21(26)4/h9,11-12,14-15,18,25H,6-8,10,13,16-17,19H2,1-5H3,(H,31,35)/t25-/m0/s1. The predicted octanol–water partition coefficient (Wildman–Crippen LogP) is 5.88. The highest BCUT2D eigenvalue weighted by molar-refractivity contribution is 7.92. The minimum absolute atomic E-state index is 0.0803. The molecule has 0 unspecified atom stereocenters. The van der Waals surface area contributed by atoms with Crippen molar-refractivity contribution in [2.24, 2.45) is 0 Å². The maximum Gasteiger partial charge on any atom is 0.242 e. The lowest BCUT2D eigenvalue weighted by Gasteiger charge is -2.31. The highest BCUT2D eigenvalue weighted by Gasteiger charge is 2.29. The maximum absolute atomic E-state index is 13.5. The van der Waals surface area contributed by atoms with Crippen molar-refractivity contribution in [1.29, 1.82) is 0 Å². The van der Waals surface area contributed by atoms with Crippen LogP contribution in [0.5, 0.6) is 0 Å². The number of benzene rings is 2. The number of carbonyl (C=O) groups excluding carboxylic acids is 2. The number of amides is 2. The fourth-order valence-corrected chi connectivity index (χ4v) is 5.59. The summed E-state index contributed by atoms with van der Waals surface area (Å²) in [6, 6.07) is 10.00. The zero-order valence-corrected chi connectivity index (χ0v) is 25.2. The molecule has 7 nitrogen and oxygen atoms in total. The molecule has 0 aliphatic rings. The quantitative estimate of drug-likeness (QED) is 0.281. The molecule has 0 radical (unpaired) electrons. The highest BCUT2D eigenvalue weighted by atomic mass is 35.5. The van der Waals surface area contributed by atoms with Gasteiger partial charge in [-0.25, -0.2) is 8.42 Å². The molecule has 210 valence electrons. The molecule has 0 saturated heterocycles. The Morgan fingerprint density at radius 1 is 1.03 bits per heavy atom. The van der Waals surface area contributed by atoms with E-state index in [2.05, 4.69) is 5.32 Å². The third-order valence-corrected chi connectivity index (χ3v) is 8.47. The number of nitrogens with one attached hydrogen (secondary N) is 1. The van der Waals surface area contributed by atoms with Crippen molar-refractivity contribution in [2.75, 3.05) is 23.7 Å². The first-order valence-electron chi connectivity index (χ1n) is 13.0. The molecule has 0 aliphatic carbocycles. The molecule has 2 rings (SSSR count). The molecule has 38 heavy (non-hydrogen) atoms. The van der Waals surface area contributed by atoms with E-state index in [0.717, 1.165) is 29.5 Å². The minimum Gasteiger partial charge on any atom is -0.354 e. The van der Waals surface area contributed by atoms with Crippen LogP contribution in [0.2, 0.25) is 10.0 Å². The second-order valence-electron chi connectivity index (χ2n) is 9.50. The van der Waals surface area contributed by atoms with Gasteiger partial charge in [0, 0.05) is 26.1 Å². The van der Waals surface area contributed by atoms with Crippen LogP contribution in [-0.2, 0) is 26.2 Å². The van der Waals surface area contributed by atoms with E-state index >= 15 is 0 Å². The smallest absolute Gasteiger partial charge is 0.242 e. The lowest BCUT2D eigenvalue weighted by molar-refractivity contribution is -0.141. The summed E-state index contributed by atoms with van der Waals surface area (Å²) in [5.41, 5.74) is 3.22. The van der Waals surface area contributed by atoms with E-state index in [-0.39, 0.29) is 31.3 Å². The Labute approximate surface area is 237 Å². The summed E-state index contributed by atoms with van der Waals surface area (Å²) in [6.07, 6.45) is 3.77. The highest BCUT2D eigenvalue weighted by Crippen LogP contribution is 2.26. The Morgan fingerprint density at radius 3 is 2.34 bits per heavy atom. The van der Waals surface area contributed by atoms with Crippen molar-refractivity contribution in [2.45, 2.75) is 72.4 Å². The normalized spacial score (nSPS) is 12.2. The summed E-state index contributed by atoms with van der Waals surface area (Å²) < 4.78 is 26.6. The van der Waals surface area contributed by atoms with Crippen LogP contribution in [0.25, 0.3) is 0 Å². The van der Waals surface area contributed by atoms with E-state index in [4.69, 9.17) is 23.2 Å². The SMILES string of the molecule is CCCCNC(=O)[C@H](CC)N(Cc1ccc(Cl)c(Cl)c1)C(=O)CCCN(c1cccc(C)c1C)S(C)(=O)=O. The van der Waals surface area contributed by atoms with Gasteiger partial charge < -0.3 is 10.2 Å². The molecule has 0 spiro atoms. The Bertz CT molecular complexity index is 1220. The van der Waals surface area contributed by atoms with Gasteiger partial charge in [0.15, 0.2) is 0 Å². The first-order valence-corrected chi connectivity index (χ1v) is 15.6. The van der Waals surface area contributed by atoms with Crippen LogP contribution in [0.15, 0.2) is 36.4 Å². The van der Waals surface area contributed by atoms with Crippen LogP contribution >= 0.6 is 23.2 Å². The second-order valence-corrected chi connectivity index (χ2v) is 12.2. The Balaban J connectivity index is 2.26. The number of aryl methyl sites for hydroxylation is 1. The van der Waals surface area contributed by atoms with E-state index in [9.17, 15) is 18.0 Å². The molecule has 2 amide bonds. The van der Waals surface area contributed by atoms with Gasteiger partial charge in [0.1, 0.15) is 6.04 Å². The van der Waals surface area contributed by atoms with Gasteiger partial charge in [-0.3, -0.25) is 13.9 Å². The van der Waals surface area contributed by atoms with Crippen molar-refractivity contribution in [1.82, 2.24) is 10.2 Å². The average Bonchev–Trinajstić information content (AvgIpc) is 2.85. The summed E-state index contributed by atoms with van der Waals surface area (Å²) in [6.45, 7) is 8.60. The number of anilines is 1. The number of nitrogens with zero attached hydrogens (tertiary/aromatic N) is 2. The summed E-state index contributed by atoms with van der Waals surface area (Å²) in [7, 11) is -3.56. The maximum atomic E-state index is 13.5. The van der Waals surface area contributed by atoms with Gasteiger partial charge in [-0.1, -0.05) is 61.7 Å². The molecule has 1 atom stereocenters. The summed E-state index contributed by atoms with van der Waals surface area (Å²) in [4.78, 5) is 28.1. The van der Waals surface area contributed by atoms with Gasteiger partial charge in [-0.15, -0.1) is 0 Å². The average molecular weight is 585 g/mol. The third-order valence-electron chi connectivity index (χ3n) is 6.55. The van der Waals surface area contributed by atoms with Crippen molar-refractivity contribution < 1.29 is 18.0 Å². The lowest BCUT2D eigenvalue weighted by Crippen LogP contribution is -2.49. The van der Waals surface area contributed by atoms with Crippen LogP contribution < -0.4 is 9.62 Å². The Hall–Kier alpha value is -2.29. The van der Waals surface area contributed by atoms with Gasteiger partial charge in [0.05, 0.1) is 22.0 Å². The molecule has 0 bridgehead atoms. The summed E-state index contributed by atoms with van der Waals surface area (Å²) >= 11 is 12.3. The summed E-state index contributed by atoms with van der Waals surface area (Å²) in [5, 5.41) is 3.71. The van der Waals surface area contributed by atoms with E-state index < -0.39 is 16.1 Å². The third kappa shape index (κ3) is 8.89. The van der Waals surface area contributed by atoms with Gasteiger partial charge in [-0.2, -0.15) is 0 Å². The van der Waals surface area contributed by atoms with Gasteiger partial charge in [-0.05, 0) is 68.0 Å². The fourth-order valence-electron chi connectivity index (χ4n) is 4.25. The van der Waals surface area contributed by atoms with Crippen molar-refractivity contribution in [3.05, 3.63) is 63.1 Å². The topological polar surface area (TPSA) is 86.8 Å². The van der Waals surface area contributed by atoms with E-state index in [1.54, 1.807) is 29.2 Å². The molecule has 0 fully saturated rings. The molecule has 0 aromatic heterocycles. The molecule has 10 heteroatoms. The molecule has 1 N–H and O–H groups in total. The number of sulfonamides is 1. The molecule has 2 aromatic rings. The van der Waals surface area contributed by atoms with Crippen molar-refractivity contribution in [3.8, 4) is 0 Å². The van der Waals surface area contributed by atoms with E-state index in [1.165, 1.54) is 10.6 Å². The second kappa shape index (κ2) is 14.8. The van der Waals surface area contributed by atoms with E-state index in [1.807, 2.05) is 39.8 Å². The predicted molar refractivity (Wildman–Crippen MR) is 156 cm³/mol. The van der Waals surface area contributed by atoms with Gasteiger partial charge in [0.25, 0.3) is 0 Å². The fraction of sp³-hybridized carbons (Fsp3) is 0.500. The van der Waals surface area contributed by atoms with E-state index in [0.29, 0.717) is 35.1 Å². The first kappa shape index (κ1) is 31.9. The molecular weight excluding hydrogens is 545 g/mol. The largest absolute Gasteiger partial charge is 0.354 e. The van der Waals surface area contributed by atoms with Crippen LogP contribution in [0.4, 0.5) is 5.69 Å². The zero-order valence-electron chi connectivity index (χ0n) is 22.9. The number of hydrogen-bond donors (Lipinski definition) is 1. The number of carbonyl (C=O) groups is 2. The summed E-state index contributed by atoms with van der Waals surface area (Å²) in [5.74, 6) is -0.439. The van der Waals surface area contributed by atoms with Crippen molar-refractivity contribution in [3.63, 3.8) is 0 Å². The van der Waals surface area contributed by atoms with Crippen molar-refractivity contribution >= 4 is 50.7 Å². The Kier molecular flexibility index (Phi) is 12.4. The minimum atomic E-state index is -3.56.